The van der Waals surface area contributed by atoms with Gasteiger partial charge in [0.15, 0.2) is 5.78 Å². The maximum Gasteiger partial charge on any atom is 0.416 e. The van der Waals surface area contributed by atoms with Crippen molar-refractivity contribution in [3.8, 4) is 0 Å². The minimum atomic E-state index is -4.62. The van der Waals surface area contributed by atoms with Crippen LogP contribution >= 0.6 is 0 Å². The van der Waals surface area contributed by atoms with Crippen LogP contribution in [0.15, 0.2) is 41.0 Å². The minimum Gasteiger partial charge on any atom is -0.469 e. The average Bonchev–Trinajstić information content (AvgIpc) is 2.80. The average molecular weight is 272 g/mol. The van der Waals surface area contributed by atoms with E-state index in [0.29, 0.717) is 18.2 Å². The molecule has 0 radical (unpaired) electrons. The number of halogens is 4. The van der Waals surface area contributed by atoms with Gasteiger partial charge in [0.25, 0.3) is 0 Å². The third kappa shape index (κ3) is 3.01. The molecule has 2 nitrogen and oxygen atoms in total. The van der Waals surface area contributed by atoms with Crippen molar-refractivity contribution in [3.05, 3.63) is 59.3 Å². The number of rotatable bonds is 3. The quantitative estimate of drug-likeness (QED) is 0.627. The Morgan fingerprint density at radius 1 is 1.21 bits per heavy atom. The molecule has 0 atom stereocenters. The van der Waals surface area contributed by atoms with Crippen molar-refractivity contribution in [3.63, 3.8) is 0 Å². The largest absolute Gasteiger partial charge is 0.469 e. The van der Waals surface area contributed by atoms with E-state index in [-0.39, 0.29) is 12.2 Å². The molecule has 2 rings (SSSR count). The van der Waals surface area contributed by atoms with E-state index >= 15 is 0 Å². The Balaban J connectivity index is 2.31. The van der Waals surface area contributed by atoms with E-state index in [1.165, 1.54) is 18.4 Å². The van der Waals surface area contributed by atoms with Crippen LogP contribution in [0.1, 0.15) is 21.7 Å². The third-order valence-corrected chi connectivity index (χ3v) is 2.51. The Labute approximate surface area is 105 Å². The molecule has 0 N–H and O–H groups in total. The zero-order valence-electron chi connectivity index (χ0n) is 9.50. The Hall–Kier alpha value is -2.11. The smallest absolute Gasteiger partial charge is 0.416 e. The molecule has 0 bridgehead atoms. The van der Waals surface area contributed by atoms with Crippen molar-refractivity contribution in [2.75, 3.05) is 0 Å². The number of ketones is 1. The van der Waals surface area contributed by atoms with Gasteiger partial charge in [-0.15, -0.1) is 0 Å². The van der Waals surface area contributed by atoms with Crippen LogP contribution in [0.4, 0.5) is 17.6 Å². The van der Waals surface area contributed by atoms with Crippen molar-refractivity contribution in [2.45, 2.75) is 12.6 Å². The minimum absolute atomic E-state index is 0.266. The highest BCUT2D eigenvalue weighted by Crippen LogP contribution is 2.30. The summed E-state index contributed by atoms with van der Waals surface area (Å²) in [5.74, 6) is -1.48. The second kappa shape index (κ2) is 4.87. The summed E-state index contributed by atoms with van der Waals surface area (Å²) in [4.78, 5) is 11.7. The highest BCUT2D eigenvalue weighted by molar-refractivity contribution is 5.97. The van der Waals surface area contributed by atoms with Crippen LogP contribution in [0, 0.1) is 5.82 Å². The van der Waals surface area contributed by atoms with Gasteiger partial charge in [0.05, 0.1) is 23.8 Å². The van der Waals surface area contributed by atoms with Gasteiger partial charge >= 0.3 is 6.18 Å². The van der Waals surface area contributed by atoms with Crippen LogP contribution in [0.3, 0.4) is 0 Å². The molecule has 6 heteroatoms. The van der Waals surface area contributed by atoms with Crippen LogP contribution < -0.4 is 0 Å². The lowest BCUT2D eigenvalue weighted by Gasteiger charge is -2.08. The zero-order chi connectivity index (χ0) is 14.0. The molecular formula is C13H8F4O2. The lowest BCUT2D eigenvalue weighted by Crippen LogP contribution is -2.10. The van der Waals surface area contributed by atoms with Gasteiger partial charge in [0.1, 0.15) is 11.6 Å². The lowest BCUT2D eigenvalue weighted by atomic mass is 10.0. The highest BCUT2D eigenvalue weighted by Gasteiger charge is 2.31. The van der Waals surface area contributed by atoms with Gasteiger partial charge in [-0.3, -0.25) is 4.79 Å². The number of carbonyl (C=O) groups excluding carboxylic acids is 1. The summed E-state index contributed by atoms with van der Waals surface area (Å²) in [5.41, 5.74) is -1.65. The molecule has 0 aliphatic carbocycles. The molecule has 0 saturated heterocycles. The fraction of sp³-hybridized carbons (Fsp3) is 0.154. The second-order valence-electron chi connectivity index (χ2n) is 3.87. The lowest BCUT2D eigenvalue weighted by molar-refractivity contribution is -0.137. The van der Waals surface area contributed by atoms with Gasteiger partial charge in [0, 0.05) is 0 Å². The van der Waals surface area contributed by atoms with E-state index in [0.717, 1.165) is 0 Å². The summed E-state index contributed by atoms with van der Waals surface area (Å²) in [5, 5.41) is 0. The van der Waals surface area contributed by atoms with Gasteiger partial charge in [-0.25, -0.2) is 4.39 Å². The van der Waals surface area contributed by atoms with Crippen molar-refractivity contribution in [2.24, 2.45) is 0 Å². The standard InChI is InChI=1S/C13H8F4O2/c14-11-4-3-8(13(15,16)17)6-10(11)12(18)7-9-2-1-5-19-9/h1-6H,7H2. The molecule has 1 heterocycles. The first-order valence-electron chi connectivity index (χ1n) is 5.30. The van der Waals surface area contributed by atoms with Gasteiger partial charge in [0.2, 0.25) is 0 Å². The number of hydrogen-bond donors (Lipinski definition) is 0. The first-order chi connectivity index (χ1) is 8.88. The number of hydrogen-bond acceptors (Lipinski definition) is 2. The van der Waals surface area contributed by atoms with E-state index < -0.39 is 28.9 Å². The normalized spacial score (nSPS) is 11.6. The summed E-state index contributed by atoms with van der Waals surface area (Å²) >= 11 is 0. The van der Waals surface area contributed by atoms with Gasteiger partial charge in [-0.1, -0.05) is 0 Å². The molecule has 100 valence electrons. The molecule has 0 amide bonds. The molecule has 2 aromatic rings. The fourth-order valence-corrected chi connectivity index (χ4v) is 1.58. The van der Waals surface area contributed by atoms with Crippen LogP contribution in [0.5, 0.6) is 0 Å². The molecule has 0 saturated carbocycles. The molecule has 0 fully saturated rings. The fourth-order valence-electron chi connectivity index (χ4n) is 1.58. The first kappa shape index (κ1) is 13.3. The predicted octanol–water partition coefficient (Wildman–Crippen LogP) is 3.86. The molecule has 0 aliphatic heterocycles. The monoisotopic (exact) mass is 272 g/mol. The second-order valence-corrected chi connectivity index (χ2v) is 3.87. The summed E-state index contributed by atoms with van der Waals surface area (Å²) in [7, 11) is 0. The van der Waals surface area contributed by atoms with Crippen LogP contribution in [0.25, 0.3) is 0 Å². The van der Waals surface area contributed by atoms with E-state index in [4.69, 9.17) is 4.42 Å². The Kier molecular flexibility index (Phi) is 3.42. The molecule has 0 spiro atoms. The van der Waals surface area contributed by atoms with E-state index in [1.54, 1.807) is 0 Å². The van der Waals surface area contributed by atoms with Crippen molar-refractivity contribution < 1.29 is 26.8 Å². The summed E-state index contributed by atoms with van der Waals surface area (Å²) < 4.78 is 55.8. The van der Waals surface area contributed by atoms with E-state index in [2.05, 4.69) is 0 Å². The Morgan fingerprint density at radius 2 is 1.95 bits per heavy atom. The van der Waals surface area contributed by atoms with Crippen molar-refractivity contribution in [1.82, 2.24) is 0 Å². The van der Waals surface area contributed by atoms with Crippen LogP contribution in [-0.4, -0.2) is 5.78 Å². The van der Waals surface area contributed by atoms with E-state index in [1.807, 2.05) is 0 Å². The molecule has 1 aromatic heterocycles. The highest BCUT2D eigenvalue weighted by atomic mass is 19.4. The Morgan fingerprint density at radius 3 is 2.53 bits per heavy atom. The van der Waals surface area contributed by atoms with Gasteiger partial charge < -0.3 is 4.42 Å². The van der Waals surface area contributed by atoms with Crippen molar-refractivity contribution >= 4 is 5.78 Å². The molecule has 0 unspecified atom stereocenters. The number of benzene rings is 1. The number of carbonyl (C=O) groups is 1. The number of alkyl halides is 3. The molecule has 19 heavy (non-hydrogen) atoms. The summed E-state index contributed by atoms with van der Waals surface area (Å²) in [6, 6.07) is 4.77. The summed E-state index contributed by atoms with van der Waals surface area (Å²) in [6.45, 7) is 0. The molecule has 1 aromatic carbocycles. The SMILES string of the molecule is O=C(Cc1ccco1)c1cc(C(F)(F)F)ccc1F. The van der Waals surface area contributed by atoms with Crippen LogP contribution in [0.2, 0.25) is 0 Å². The third-order valence-electron chi connectivity index (χ3n) is 2.51. The van der Waals surface area contributed by atoms with Gasteiger partial charge in [-0.2, -0.15) is 13.2 Å². The zero-order valence-corrected chi connectivity index (χ0v) is 9.50. The number of Topliss-reactive ketones (excluding diaryl/α,β-unsaturated/α-hetero) is 1. The van der Waals surface area contributed by atoms with E-state index in [9.17, 15) is 22.4 Å². The topological polar surface area (TPSA) is 30.2 Å². The Bertz CT molecular complexity index is 585. The number of furan rings is 1. The van der Waals surface area contributed by atoms with Gasteiger partial charge in [-0.05, 0) is 30.3 Å². The summed E-state index contributed by atoms with van der Waals surface area (Å²) in [6.07, 6.45) is -3.58. The first-order valence-corrected chi connectivity index (χ1v) is 5.30. The maximum atomic E-state index is 13.4. The molecule has 0 aliphatic rings. The molecular weight excluding hydrogens is 264 g/mol. The maximum absolute atomic E-state index is 13.4. The van der Waals surface area contributed by atoms with Crippen LogP contribution in [-0.2, 0) is 12.6 Å². The van der Waals surface area contributed by atoms with Crippen molar-refractivity contribution in [1.29, 1.82) is 0 Å². The predicted molar refractivity (Wildman–Crippen MR) is 58.1 cm³/mol.